The van der Waals surface area contributed by atoms with Crippen LogP contribution in [0.25, 0.3) is 0 Å². The molecule has 1 atom stereocenters. The maximum atomic E-state index is 14.0. The van der Waals surface area contributed by atoms with Crippen LogP contribution < -0.4 is 0 Å². The Morgan fingerprint density at radius 2 is 1.47 bits per heavy atom. The zero-order valence-corrected chi connectivity index (χ0v) is 18.3. The van der Waals surface area contributed by atoms with E-state index in [2.05, 4.69) is 0 Å². The van der Waals surface area contributed by atoms with E-state index in [4.69, 9.17) is 4.74 Å². The van der Waals surface area contributed by atoms with E-state index < -0.39 is 35.5 Å². The molecule has 1 aliphatic heterocycles. The van der Waals surface area contributed by atoms with Gasteiger partial charge in [-0.2, -0.15) is 0 Å². The molecule has 0 aromatic heterocycles. The number of hydrogen-bond donors (Lipinski definition) is 0. The summed E-state index contributed by atoms with van der Waals surface area (Å²) in [6, 6.07) is 20.3. The first-order chi connectivity index (χ1) is 16.4. The molecule has 1 aliphatic rings. The van der Waals surface area contributed by atoms with Gasteiger partial charge in [0.1, 0.15) is 11.6 Å². The van der Waals surface area contributed by atoms with Gasteiger partial charge in [-0.1, -0.05) is 60.7 Å². The molecule has 1 unspecified atom stereocenters. The number of carbonyl (C=O) groups is 3. The minimum Gasteiger partial charge on any atom is -0.449 e. The lowest BCUT2D eigenvalue weighted by atomic mass is 9.95. The maximum absolute atomic E-state index is 14.0. The van der Waals surface area contributed by atoms with Gasteiger partial charge < -0.3 is 9.64 Å². The molecule has 1 amide bonds. The number of halogens is 2. The molecule has 174 valence electrons. The SMILES string of the molecule is O=C(OC(C(=O)c1ccccc1)c1ccccc1)C1CCN(C(=O)c2ccc(F)cc2F)CC1. The summed E-state index contributed by atoms with van der Waals surface area (Å²) in [5.41, 5.74) is 0.801. The smallest absolute Gasteiger partial charge is 0.310 e. The van der Waals surface area contributed by atoms with Crippen molar-refractivity contribution in [2.45, 2.75) is 18.9 Å². The standard InChI is InChI=1S/C27H23F2NO4/c28-21-11-12-22(23(29)17-21)26(32)30-15-13-20(14-16-30)27(33)34-25(19-9-5-2-6-10-19)24(31)18-7-3-1-4-8-18/h1-12,17,20,25H,13-16H2. The molecule has 0 N–H and O–H groups in total. The Morgan fingerprint density at radius 1 is 0.853 bits per heavy atom. The third-order valence-electron chi connectivity index (χ3n) is 5.91. The molecule has 0 radical (unpaired) electrons. The van der Waals surface area contributed by atoms with Gasteiger partial charge in [0.2, 0.25) is 5.78 Å². The van der Waals surface area contributed by atoms with Crippen LogP contribution >= 0.6 is 0 Å². The predicted molar refractivity (Wildman–Crippen MR) is 121 cm³/mol. The quantitative estimate of drug-likeness (QED) is 0.382. The van der Waals surface area contributed by atoms with Gasteiger partial charge in [0.25, 0.3) is 5.91 Å². The normalized spacial score (nSPS) is 14.9. The van der Waals surface area contributed by atoms with E-state index in [1.54, 1.807) is 54.6 Å². The van der Waals surface area contributed by atoms with E-state index in [9.17, 15) is 23.2 Å². The molecule has 1 saturated heterocycles. The van der Waals surface area contributed by atoms with E-state index in [-0.39, 0.29) is 24.4 Å². The number of hydrogen-bond acceptors (Lipinski definition) is 4. The van der Waals surface area contributed by atoms with Crippen molar-refractivity contribution in [3.05, 3.63) is 107 Å². The molecule has 1 fully saturated rings. The largest absolute Gasteiger partial charge is 0.449 e. The van der Waals surface area contributed by atoms with Gasteiger partial charge in [-0.15, -0.1) is 0 Å². The molecule has 1 heterocycles. The second-order valence-corrected chi connectivity index (χ2v) is 8.15. The number of ether oxygens (including phenoxy) is 1. The molecule has 3 aromatic carbocycles. The van der Waals surface area contributed by atoms with Crippen LogP contribution in [0.1, 0.15) is 45.2 Å². The Balaban J connectivity index is 1.43. The van der Waals surface area contributed by atoms with Crippen molar-refractivity contribution >= 4 is 17.7 Å². The van der Waals surface area contributed by atoms with Crippen molar-refractivity contribution in [3.63, 3.8) is 0 Å². The number of carbonyl (C=O) groups excluding carboxylic acids is 3. The number of esters is 1. The first kappa shape index (κ1) is 23.3. The van der Waals surface area contributed by atoms with Crippen molar-refractivity contribution < 1.29 is 27.9 Å². The predicted octanol–water partition coefficient (Wildman–Crippen LogP) is 4.98. The monoisotopic (exact) mass is 463 g/mol. The van der Waals surface area contributed by atoms with E-state index >= 15 is 0 Å². The summed E-state index contributed by atoms with van der Waals surface area (Å²) in [5, 5.41) is 0. The van der Waals surface area contributed by atoms with Crippen LogP contribution in [0.4, 0.5) is 8.78 Å². The average Bonchev–Trinajstić information content (AvgIpc) is 2.87. The number of ketones is 1. The maximum Gasteiger partial charge on any atom is 0.310 e. The molecule has 0 bridgehead atoms. The second-order valence-electron chi connectivity index (χ2n) is 8.15. The Hall–Kier alpha value is -3.87. The number of amides is 1. The highest BCUT2D eigenvalue weighted by Crippen LogP contribution is 2.27. The van der Waals surface area contributed by atoms with Crippen LogP contribution in [0, 0.1) is 17.6 Å². The van der Waals surface area contributed by atoms with Gasteiger partial charge in [0.15, 0.2) is 6.10 Å². The Morgan fingerprint density at radius 3 is 2.09 bits per heavy atom. The fourth-order valence-electron chi connectivity index (χ4n) is 4.02. The molecule has 0 aliphatic carbocycles. The minimum atomic E-state index is -1.08. The van der Waals surface area contributed by atoms with Gasteiger partial charge in [-0.25, -0.2) is 8.78 Å². The molecular formula is C27H23F2NO4. The number of rotatable bonds is 6. The van der Waals surface area contributed by atoms with Crippen LogP contribution in [0.5, 0.6) is 0 Å². The lowest BCUT2D eigenvalue weighted by Crippen LogP contribution is -2.41. The highest BCUT2D eigenvalue weighted by Gasteiger charge is 2.33. The van der Waals surface area contributed by atoms with E-state index in [0.29, 0.717) is 30.0 Å². The summed E-state index contributed by atoms with van der Waals surface area (Å²) < 4.78 is 32.8. The number of piperidine rings is 1. The Labute approximate surface area is 196 Å². The van der Waals surface area contributed by atoms with Crippen molar-refractivity contribution in [2.24, 2.45) is 5.92 Å². The van der Waals surface area contributed by atoms with Gasteiger partial charge in [0.05, 0.1) is 11.5 Å². The third-order valence-corrected chi connectivity index (χ3v) is 5.91. The van der Waals surface area contributed by atoms with Crippen LogP contribution in [0.15, 0.2) is 78.9 Å². The zero-order valence-electron chi connectivity index (χ0n) is 18.3. The molecule has 34 heavy (non-hydrogen) atoms. The van der Waals surface area contributed by atoms with Crippen LogP contribution in [-0.4, -0.2) is 35.6 Å². The summed E-state index contributed by atoms with van der Waals surface area (Å²) in [5.74, 6) is -3.56. The van der Waals surface area contributed by atoms with Crippen molar-refractivity contribution in [3.8, 4) is 0 Å². The van der Waals surface area contributed by atoms with E-state index in [0.717, 1.165) is 12.1 Å². The highest BCUT2D eigenvalue weighted by molar-refractivity contribution is 6.01. The fourth-order valence-corrected chi connectivity index (χ4v) is 4.02. The zero-order chi connectivity index (χ0) is 24.1. The summed E-state index contributed by atoms with van der Waals surface area (Å²) in [4.78, 5) is 40.2. The summed E-state index contributed by atoms with van der Waals surface area (Å²) in [6.45, 7) is 0.441. The van der Waals surface area contributed by atoms with E-state index in [1.807, 2.05) is 6.07 Å². The van der Waals surface area contributed by atoms with Crippen LogP contribution in [0.2, 0.25) is 0 Å². The minimum absolute atomic E-state index is 0.208. The fraction of sp³-hybridized carbons (Fsp3) is 0.222. The molecule has 7 heteroatoms. The Kier molecular flexibility index (Phi) is 7.11. The van der Waals surface area contributed by atoms with Crippen molar-refractivity contribution in [1.29, 1.82) is 0 Å². The molecule has 0 saturated carbocycles. The molecular weight excluding hydrogens is 440 g/mol. The Bertz CT molecular complexity index is 1180. The van der Waals surface area contributed by atoms with Gasteiger partial charge >= 0.3 is 5.97 Å². The van der Waals surface area contributed by atoms with Crippen molar-refractivity contribution in [2.75, 3.05) is 13.1 Å². The summed E-state index contributed by atoms with van der Waals surface area (Å²) in [6.07, 6.45) is -0.452. The lowest BCUT2D eigenvalue weighted by molar-refractivity contribution is -0.153. The first-order valence-corrected chi connectivity index (χ1v) is 11.0. The number of nitrogens with zero attached hydrogens (tertiary/aromatic N) is 1. The molecule has 3 aromatic rings. The van der Waals surface area contributed by atoms with Gasteiger partial charge in [-0.05, 0) is 25.0 Å². The summed E-state index contributed by atoms with van der Waals surface area (Å²) in [7, 11) is 0. The lowest BCUT2D eigenvalue weighted by Gasteiger charge is -2.31. The van der Waals surface area contributed by atoms with Gasteiger partial charge in [0, 0.05) is 30.3 Å². The molecule has 4 rings (SSSR count). The first-order valence-electron chi connectivity index (χ1n) is 11.0. The van der Waals surface area contributed by atoms with E-state index in [1.165, 1.54) is 4.90 Å². The number of likely N-dealkylation sites (tertiary alicyclic amines) is 1. The second kappa shape index (κ2) is 10.4. The van der Waals surface area contributed by atoms with Crippen molar-refractivity contribution in [1.82, 2.24) is 4.90 Å². The van der Waals surface area contributed by atoms with Crippen LogP contribution in [-0.2, 0) is 9.53 Å². The third kappa shape index (κ3) is 5.20. The average molecular weight is 463 g/mol. The summed E-state index contributed by atoms with van der Waals surface area (Å²) >= 11 is 0. The van der Waals surface area contributed by atoms with Gasteiger partial charge in [-0.3, -0.25) is 14.4 Å². The topological polar surface area (TPSA) is 63.7 Å². The number of Topliss-reactive ketones (excluding diaryl/α,β-unsaturated/α-hetero) is 1. The molecule has 0 spiro atoms. The highest BCUT2D eigenvalue weighted by atomic mass is 19.1. The molecule has 5 nitrogen and oxygen atoms in total. The number of benzene rings is 3. The van der Waals surface area contributed by atoms with Crippen LogP contribution in [0.3, 0.4) is 0 Å².